The molecule has 2 rings (SSSR count). The number of thiazole rings is 1. The van der Waals surface area contributed by atoms with Crippen molar-refractivity contribution in [3.8, 4) is 0 Å². The molecule has 0 saturated carbocycles. The first-order valence-electron chi connectivity index (χ1n) is 7.62. The van der Waals surface area contributed by atoms with Crippen molar-refractivity contribution in [3.63, 3.8) is 0 Å². The van der Waals surface area contributed by atoms with Crippen LogP contribution in [0.2, 0.25) is 0 Å². The molecule has 0 spiro atoms. The van der Waals surface area contributed by atoms with Crippen LogP contribution in [0.25, 0.3) is 0 Å². The SMILES string of the molecule is Cc1ncsc1CCOCC(O)CNC(C)C1CCOC1. The molecule has 1 fully saturated rings. The summed E-state index contributed by atoms with van der Waals surface area (Å²) in [5.74, 6) is 0.562. The van der Waals surface area contributed by atoms with Crippen LogP contribution in [0.4, 0.5) is 0 Å². The minimum atomic E-state index is -0.461. The summed E-state index contributed by atoms with van der Waals surface area (Å²) >= 11 is 1.66. The summed E-state index contributed by atoms with van der Waals surface area (Å²) in [6, 6.07) is 0.377. The van der Waals surface area contributed by atoms with Gasteiger partial charge in [0.2, 0.25) is 0 Å². The number of nitrogens with one attached hydrogen (secondary N) is 1. The molecule has 120 valence electrons. The van der Waals surface area contributed by atoms with E-state index in [9.17, 15) is 5.11 Å². The van der Waals surface area contributed by atoms with Crippen molar-refractivity contribution in [1.29, 1.82) is 0 Å². The van der Waals surface area contributed by atoms with Crippen LogP contribution in [0.3, 0.4) is 0 Å². The first-order valence-corrected chi connectivity index (χ1v) is 8.50. The van der Waals surface area contributed by atoms with Crippen LogP contribution in [0.1, 0.15) is 23.9 Å². The van der Waals surface area contributed by atoms with Crippen molar-refractivity contribution in [2.75, 3.05) is 33.0 Å². The molecule has 0 aromatic carbocycles. The summed E-state index contributed by atoms with van der Waals surface area (Å²) in [4.78, 5) is 5.47. The summed E-state index contributed by atoms with van der Waals surface area (Å²) in [7, 11) is 0. The Kier molecular flexibility index (Phi) is 7.06. The van der Waals surface area contributed by atoms with Gasteiger partial charge in [0.25, 0.3) is 0 Å². The van der Waals surface area contributed by atoms with Gasteiger partial charge in [-0.05, 0) is 26.2 Å². The summed E-state index contributed by atoms with van der Waals surface area (Å²) in [6.45, 7) is 7.43. The highest BCUT2D eigenvalue weighted by Crippen LogP contribution is 2.16. The molecule has 1 aromatic rings. The maximum atomic E-state index is 9.92. The van der Waals surface area contributed by atoms with Gasteiger partial charge in [-0.3, -0.25) is 0 Å². The third kappa shape index (κ3) is 5.64. The van der Waals surface area contributed by atoms with Crippen molar-refractivity contribution in [3.05, 3.63) is 16.1 Å². The minimum Gasteiger partial charge on any atom is -0.389 e. The lowest BCUT2D eigenvalue weighted by Crippen LogP contribution is -2.40. The Morgan fingerprint density at radius 2 is 2.48 bits per heavy atom. The predicted octanol–water partition coefficient (Wildman–Crippen LogP) is 1.39. The molecule has 1 aromatic heterocycles. The van der Waals surface area contributed by atoms with E-state index >= 15 is 0 Å². The number of rotatable bonds is 9. The standard InChI is InChI=1S/C15H26N2O3S/c1-11(13-3-5-19-8-13)16-7-14(18)9-20-6-4-15-12(2)17-10-21-15/h10-11,13-14,16,18H,3-9H2,1-2H3. The molecule has 0 amide bonds. The summed E-state index contributed by atoms with van der Waals surface area (Å²) in [5, 5.41) is 13.3. The molecule has 1 aliphatic heterocycles. The average molecular weight is 314 g/mol. The molecular formula is C15H26N2O3S. The lowest BCUT2D eigenvalue weighted by molar-refractivity contribution is 0.0362. The quantitative estimate of drug-likeness (QED) is 0.674. The van der Waals surface area contributed by atoms with Gasteiger partial charge in [0.05, 0.1) is 37.1 Å². The number of nitrogens with zero attached hydrogens (tertiary/aromatic N) is 1. The Balaban J connectivity index is 1.53. The van der Waals surface area contributed by atoms with Crippen LogP contribution in [0.5, 0.6) is 0 Å². The zero-order valence-electron chi connectivity index (χ0n) is 12.9. The maximum absolute atomic E-state index is 9.92. The van der Waals surface area contributed by atoms with Gasteiger partial charge in [-0.15, -0.1) is 11.3 Å². The normalized spacial score (nSPS) is 21.6. The molecule has 6 heteroatoms. The van der Waals surface area contributed by atoms with E-state index in [1.165, 1.54) is 4.88 Å². The van der Waals surface area contributed by atoms with Gasteiger partial charge in [-0.25, -0.2) is 4.98 Å². The number of aliphatic hydroxyl groups excluding tert-OH is 1. The third-order valence-corrected chi connectivity index (χ3v) is 4.97. The van der Waals surface area contributed by atoms with E-state index in [1.54, 1.807) is 11.3 Å². The molecule has 0 aliphatic carbocycles. The van der Waals surface area contributed by atoms with Crippen LogP contribution in [0, 0.1) is 12.8 Å². The van der Waals surface area contributed by atoms with E-state index in [4.69, 9.17) is 9.47 Å². The Labute approximate surface area is 130 Å². The topological polar surface area (TPSA) is 63.6 Å². The largest absolute Gasteiger partial charge is 0.389 e. The molecule has 21 heavy (non-hydrogen) atoms. The lowest BCUT2D eigenvalue weighted by atomic mass is 10.0. The van der Waals surface area contributed by atoms with Crippen LogP contribution in [-0.4, -0.2) is 55.2 Å². The van der Waals surface area contributed by atoms with Crippen molar-refractivity contribution < 1.29 is 14.6 Å². The van der Waals surface area contributed by atoms with Crippen LogP contribution < -0.4 is 5.32 Å². The van der Waals surface area contributed by atoms with E-state index in [0.29, 0.717) is 31.7 Å². The van der Waals surface area contributed by atoms with Crippen molar-refractivity contribution >= 4 is 11.3 Å². The fourth-order valence-corrected chi connectivity index (χ4v) is 3.21. The monoisotopic (exact) mass is 314 g/mol. The first-order chi connectivity index (χ1) is 10.2. The Morgan fingerprint density at radius 3 is 3.14 bits per heavy atom. The second-order valence-electron chi connectivity index (χ2n) is 5.66. The Hall–Kier alpha value is -0.530. The first kappa shape index (κ1) is 16.8. The number of aliphatic hydroxyl groups is 1. The maximum Gasteiger partial charge on any atom is 0.0897 e. The fourth-order valence-electron chi connectivity index (χ4n) is 2.44. The highest BCUT2D eigenvalue weighted by Gasteiger charge is 2.22. The molecule has 3 unspecified atom stereocenters. The van der Waals surface area contributed by atoms with Gasteiger partial charge >= 0.3 is 0 Å². The average Bonchev–Trinajstić information content (AvgIpc) is 3.13. The van der Waals surface area contributed by atoms with E-state index in [0.717, 1.165) is 31.7 Å². The molecule has 0 radical (unpaired) electrons. The summed E-state index contributed by atoms with van der Waals surface area (Å²) in [6.07, 6.45) is 1.51. The molecule has 2 heterocycles. The van der Waals surface area contributed by atoms with Crippen LogP contribution in [0.15, 0.2) is 5.51 Å². The smallest absolute Gasteiger partial charge is 0.0897 e. The molecule has 3 atom stereocenters. The molecule has 1 aliphatic rings. The summed E-state index contributed by atoms with van der Waals surface area (Å²) < 4.78 is 10.9. The van der Waals surface area contributed by atoms with Crippen molar-refractivity contribution in [2.45, 2.75) is 38.8 Å². The van der Waals surface area contributed by atoms with Gasteiger partial charge in [-0.1, -0.05) is 0 Å². The van der Waals surface area contributed by atoms with Crippen LogP contribution in [-0.2, 0) is 15.9 Å². The van der Waals surface area contributed by atoms with Gasteiger partial charge in [-0.2, -0.15) is 0 Å². The minimum absolute atomic E-state index is 0.374. The second-order valence-corrected chi connectivity index (χ2v) is 6.60. The lowest BCUT2D eigenvalue weighted by Gasteiger charge is -2.21. The fraction of sp³-hybridized carbons (Fsp3) is 0.800. The molecule has 2 N–H and O–H groups in total. The zero-order chi connectivity index (χ0) is 15.1. The Bertz CT molecular complexity index is 407. The molecule has 1 saturated heterocycles. The summed E-state index contributed by atoms with van der Waals surface area (Å²) in [5.41, 5.74) is 2.94. The zero-order valence-corrected chi connectivity index (χ0v) is 13.7. The van der Waals surface area contributed by atoms with Gasteiger partial charge in [0.1, 0.15) is 0 Å². The number of aromatic nitrogens is 1. The van der Waals surface area contributed by atoms with E-state index in [-0.39, 0.29) is 0 Å². The third-order valence-electron chi connectivity index (χ3n) is 3.98. The van der Waals surface area contributed by atoms with E-state index in [2.05, 4.69) is 17.2 Å². The number of aryl methyl sites for hydroxylation is 1. The molecule has 5 nitrogen and oxygen atoms in total. The second kappa shape index (κ2) is 8.80. The Morgan fingerprint density at radius 1 is 1.62 bits per heavy atom. The van der Waals surface area contributed by atoms with Crippen molar-refractivity contribution in [2.24, 2.45) is 5.92 Å². The van der Waals surface area contributed by atoms with E-state index in [1.807, 2.05) is 12.4 Å². The van der Waals surface area contributed by atoms with Gasteiger partial charge < -0.3 is 19.9 Å². The predicted molar refractivity (Wildman–Crippen MR) is 83.8 cm³/mol. The van der Waals surface area contributed by atoms with Crippen molar-refractivity contribution in [1.82, 2.24) is 10.3 Å². The van der Waals surface area contributed by atoms with Gasteiger partial charge in [0, 0.05) is 30.5 Å². The number of hydrogen-bond acceptors (Lipinski definition) is 6. The van der Waals surface area contributed by atoms with Crippen LogP contribution >= 0.6 is 11.3 Å². The number of ether oxygens (including phenoxy) is 2. The highest BCUT2D eigenvalue weighted by molar-refractivity contribution is 7.09. The molecular weight excluding hydrogens is 288 g/mol. The molecule has 0 bridgehead atoms. The highest BCUT2D eigenvalue weighted by atomic mass is 32.1. The van der Waals surface area contributed by atoms with E-state index < -0.39 is 6.10 Å². The number of hydrogen-bond donors (Lipinski definition) is 2. The van der Waals surface area contributed by atoms with Gasteiger partial charge in [0.15, 0.2) is 0 Å².